The van der Waals surface area contributed by atoms with E-state index in [1.54, 1.807) is 7.05 Å². The molecule has 0 aliphatic carbocycles. The number of hydrogen-bond donors (Lipinski definition) is 2. The molecule has 1 aromatic carbocycles. The summed E-state index contributed by atoms with van der Waals surface area (Å²) in [4.78, 5) is 4.28. The van der Waals surface area contributed by atoms with Crippen LogP contribution in [0, 0.1) is 0 Å². The molecule has 0 amide bonds. The van der Waals surface area contributed by atoms with Gasteiger partial charge in [-0.3, -0.25) is 4.99 Å². The second-order valence-corrected chi connectivity index (χ2v) is 6.50. The predicted octanol–water partition coefficient (Wildman–Crippen LogP) is 2.75. The van der Waals surface area contributed by atoms with Gasteiger partial charge in [0.1, 0.15) is 5.75 Å². The van der Waals surface area contributed by atoms with Gasteiger partial charge in [0.25, 0.3) is 0 Å². The standard InChI is InChI=1S/C19H31N3O2/c1-4-12-23-17-8-5-7-16(14-17)9-11-21-18(20-3)22-15-19(2)10-6-13-24-19/h5,7-8,14H,4,6,9-13,15H2,1-3H3,(H2,20,21,22). The van der Waals surface area contributed by atoms with E-state index < -0.39 is 0 Å². The number of rotatable bonds is 8. The van der Waals surface area contributed by atoms with Crippen LogP contribution < -0.4 is 15.4 Å². The van der Waals surface area contributed by atoms with Gasteiger partial charge in [0.15, 0.2) is 5.96 Å². The van der Waals surface area contributed by atoms with Crippen molar-refractivity contribution >= 4 is 5.96 Å². The highest BCUT2D eigenvalue weighted by atomic mass is 16.5. The highest BCUT2D eigenvalue weighted by Crippen LogP contribution is 2.23. The Morgan fingerprint density at radius 1 is 1.38 bits per heavy atom. The van der Waals surface area contributed by atoms with E-state index in [2.05, 4.69) is 41.6 Å². The predicted molar refractivity (Wildman–Crippen MR) is 98.9 cm³/mol. The summed E-state index contributed by atoms with van der Waals surface area (Å²) in [7, 11) is 1.80. The molecule has 1 aromatic rings. The lowest BCUT2D eigenvalue weighted by Gasteiger charge is -2.24. The van der Waals surface area contributed by atoms with Crippen molar-refractivity contribution in [3.8, 4) is 5.75 Å². The average Bonchev–Trinajstić information content (AvgIpc) is 3.03. The second-order valence-electron chi connectivity index (χ2n) is 6.50. The molecule has 2 rings (SSSR count). The minimum Gasteiger partial charge on any atom is -0.494 e. The molecule has 0 radical (unpaired) electrons. The van der Waals surface area contributed by atoms with Crippen LogP contribution in [-0.4, -0.2) is 44.9 Å². The first-order valence-corrected chi connectivity index (χ1v) is 8.95. The van der Waals surface area contributed by atoms with E-state index in [-0.39, 0.29) is 5.60 Å². The van der Waals surface area contributed by atoms with Crippen molar-refractivity contribution in [3.63, 3.8) is 0 Å². The third kappa shape index (κ3) is 6.04. The Kier molecular flexibility index (Phi) is 7.37. The van der Waals surface area contributed by atoms with Gasteiger partial charge in [0.2, 0.25) is 0 Å². The molecule has 0 bridgehead atoms. The first-order valence-electron chi connectivity index (χ1n) is 8.95. The van der Waals surface area contributed by atoms with Crippen LogP contribution in [0.2, 0.25) is 0 Å². The topological polar surface area (TPSA) is 54.9 Å². The van der Waals surface area contributed by atoms with E-state index in [0.717, 1.165) is 63.7 Å². The van der Waals surface area contributed by atoms with E-state index in [1.165, 1.54) is 5.56 Å². The van der Waals surface area contributed by atoms with Crippen LogP contribution in [0.15, 0.2) is 29.3 Å². The number of aliphatic imine (C=N–C) groups is 1. The van der Waals surface area contributed by atoms with E-state index in [1.807, 2.05) is 12.1 Å². The van der Waals surface area contributed by atoms with Gasteiger partial charge in [-0.2, -0.15) is 0 Å². The molecule has 2 N–H and O–H groups in total. The fourth-order valence-corrected chi connectivity index (χ4v) is 2.80. The Labute approximate surface area is 145 Å². The zero-order chi connectivity index (χ0) is 17.3. The van der Waals surface area contributed by atoms with Crippen molar-refractivity contribution < 1.29 is 9.47 Å². The van der Waals surface area contributed by atoms with Crippen LogP contribution in [0.3, 0.4) is 0 Å². The van der Waals surface area contributed by atoms with Crippen LogP contribution in [0.25, 0.3) is 0 Å². The summed E-state index contributed by atoms with van der Waals surface area (Å²) in [6, 6.07) is 8.30. The normalized spacial score (nSPS) is 20.9. The fraction of sp³-hybridized carbons (Fsp3) is 0.632. The van der Waals surface area contributed by atoms with Crippen LogP contribution in [0.1, 0.15) is 38.7 Å². The molecule has 134 valence electrons. The SMILES string of the molecule is CCCOc1cccc(CCNC(=NC)NCC2(C)CCCO2)c1. The van der Waals surface area contributed by atoms with Gasteiger partial charge in [-0.15, -0.1) is 0 Å². The first kappa shape index (κ1) is 18.6. The molecule has 1 atom stereocenters. The lowest BCUT2D eigenvalue weighted by molar-refractivity contribution is 0.0243. The van der Waals surface area contributed by atoms with Crippen LogP contribution in [0.5, 0.6) is 5.75 Å². The summed E-state index contributed by atoms with van der Waals surface area (Å²) in [5, 5.41) is 6.73. The third-order valence-corrected chi connectivity index (χ3v) is 4.23. The molecule has 0 aromatic heterocycles. The molecule has 1 heterocycles. The summed E-state index contributed by atoms with van der Waals surface area (Å²) in [6.07, 6.45) is 4.19. The van der Waals surface area contributed by atoms with E-state index in [0.29, 0.717) is 0 Å². The fourth-order valence-electron chi connectivity index (χ4n) is 2.80. The Bertz CT molecular complexity index is 525. The van der Waals surface area contributed by atoms with Crippen molar-refractivity contribution in [1.29, 1.82) is 0 Å². The minimum atomic E-state index is -0.0669. The van der Waals surface area contributed by atoms with E-state index in [9.17, 15) is 0 Å². The van der Waals surface area contributed by atoms with Crippen LogP contribution in [0.4, 0.5) is 0 Å². The largest absolute Gasteiger partial charge is 0.494 e. The maximum absolute atomic E-state index is 5.80. The van der Waals surface area contributed by atoms with Gasteiger partial charge in [0, 0.05) is 26.7 Å². The number of nitrogens with zero attached hydrogens (tertiary/aromatic N) is 1. The average molecular weight is 333 g/mol. The molecule has 5 nitrogen and oxygen atoms in total. The number of nitrogens with one attached hydrogen (secondary N) is 2. The molecule has 5 heteroatoms. The molecule has 1 unspecified atom stereocenters. The Morgan fingerprint density at radius 2 is 2.25 bits per heavy atom. The Hall–Kier alpha value is -1.75. The minimum absolute atomic E-state index is 0.0669. The maximum atomic E-state index is 5.80. The van der Waals surface area contributed by atoms with Crippen LogP contribution in [-0.2, 0) is 11.2 Å². The molecule has 1 saturated heterocycles. The molecule has 1 aliphatic rings. The smallest absolute Gasteiger partial charge is 0.191 e. The van der Waals surface area contributed by atoms with Crippen molar-refractivity contribution in [2.75, 3.05) is 33.4 Å². The lowest BCUT2D eigenvalue weighted by atomic mass is 10.0. The van der Waals surface area contributed by atoms with Crippen LogP contribution >= 0.6 is 0 Å². The van der Waals surface area contributed by atoms with Gasteiger partial charge in [-0.25, -0.2) is 0 Å². The number of ether oxygens (including phenoxy) is 2. The highest BCUT2D eigenvalue weighted by molar-refractivity contribution is 5.79. The maximum Gasteiger partial charge on any atom is 0.191 e. The van der Waals surface area contributed by atoms with Gasteiger partial charge in [0.05, 0.1) is 12.2 Å². The molecular formula is C19H31N3O2. The second kappa shape index (κ2) is 9.52. The lowest BCUT2D eigenvalue weighted by Crippen LogP contribution is -2.45. The molecule has 1 fully saturated rings. The highest BCUT2D eigenvalue weighted by Gasteiger charge is 2.29. The number of benzene rings is 1. The Balaban J connectivity index is 1.73. The summed E-state index contributed by atoms with van der Waals surface area (Å²) in [5.41, 5.74) is 1.19. The monoisotopic (exact) mass is 333 g/mol. The summed E-state index contributed by atoms with van der Waals surface area (Å²) in [5.74, 6) is 1.77. The summed E-state index contributed by atoms with van der Waals surface area (Å²) in [6.45, 7) is 7.51. The van der Waals surface area contributed by atoms with Crippen molar-refractivity contribution in [2.24, 2.45) is 4.99 Å². The van der Waals surface area contributed by atoms with E-state index in [4.69, 9.17) is 9.47 Å². The van der Waals surface area contributed by atoms with E-state index >= 15 is 0 Å². The van der Waals surface area contributed by atoms with Crippen molar-refractivity contribution in [2.45, 2.75) is 45.1 Å². The summed E-state index contributed by atoms with van der Waals surface area (Å²) >= 11 is 0. The Morgan fingerprint density at radius 3 is 2.96 bits per heavy atom. The van der Waals surface area contributed by atoms with Crippen molar-refractivity contribution in [1.82, 2.24) is 10.6 Å². The molecule has 24 heavy (non-hydrogen) atoms. The first-order chi connectivity index (χ1) is 11.6. The molecule has 0 saturated carbocycles. The van der Waals surface area contributed by atoms with Gasteiger partial charge in [-0.05, 0) is 50.3 Å². The molecule has 0 spiro atoms. The van der Waals surface area contributed by atoms with Gasteiger partial charge in [-0.1, -0.05) is 19.1 Å². The quantitative estimate of drug-likeness (QED) is 0.567. The van der Waals surface area contributed by atoms with Crippen molar-refractivity contribution in [3.05, 3.63) is 29.8 Å². The molecule has 1 aliphatic heterocycles. The zero-order valence-corrected chi connectivity index (χ0v) is 15.2. The molecular weight excluding hydrogens is 302 g/mol. The zero-order valence-electron chi connectivity index (χ0n) is 15.2. The summed E-state index contributed by atoms with van der Waals surface area (Å²) < 4.78 is 11.5. The van der Waals surface area contributed by atoms with Gasteiger partial charge < -0.3 is 20.1 Å². The number of guanidine groups is 1. The third-order valence-electron chi connectivity index (χ3n) is 4.23. The number of hydrogen-bond acceptors (Lipinski definition) is 3. The van der Waals surface area contributed by atoms with Gasteiger partial charge >= 0.3 is 0 Å².